The Bertz CT molecular complexity index is 443. The highest BCUT2D eigenvalue weighted by molar-refractivity contribution is 7.13. The molecule has 18 heavy (non-hydrogen) atoms. The van der Waals surface area contributed by atoms with Gasteiger partial charge in [0.1, 0.15) is 4.88 Å². The number of carbonyl (C=O) groups is 2. The molecule has 0 aromatic carbocycles. The van der Waals surface area contributed by atoms with E-state index in [2.05, 4.69) is 9.72 Å². The lowest BCUT2D eigenvalue weighted by Gasteiger charge is -2.15. The summed E-state index contributed by atoms with van der Waals surface area (Å²) in [4.78, 5) is 29.6. The normalized spacial score (nSPS) is 10.2. The lowest BCUT2D eigenvalue weighted by Crippen LogP contribution is -2.28. The van der Waals surface area contributed by atoms with E-state index in [1.807, 2.05) is 13.8 Å². The quantitative estimate of drug-likeness (QED) is 0.765. The van der Waals surface area contributed by atoms with Crippen molar-refractivity contribution in [1.82, 2.24) is 9.88 Å². The molecule has 0 saturated heterocycles. The van der Waals surface area contributed by atoms with Gasteiger partial charge in [0.2, 0.25) is 0 Å². The standard InChI is InChI=1S/C12H18N2O3S/c1-8-11(18-9(2)13-8)12(16)14(3)7-5-6-10(15)17-4/h5-7H2,1-4H3. The molecule has 1 rings (SSSR count). The molecule has 5 nitrogen and oxygen atoms in total. The molecule has 1 heterocycles. The van der Waals surface area contributed by atoms with Crippen LogP contribution in [0.1, 0.15) is 33.2 Å². The minimum atomic E-state index is -0.249. The fourth-order valence-electron chi connectivity index (χ4n) is 1.57. The number of amides is 1. The summed E-state index contributed by atoms with van der Waals surface area (Å²) in [7, 11) is 3.09. The number of thiazole rings is 1. The second-order valence-corrected chi connectivity index (χ2v) is 5.26. The molecular formula is C12H18N2O3S. The first kappa shape index (κ1) is 14.6. The van der Waals surface area contributed by atoms with Crippen LogP contribution >= 0.6 is 11.3 Å². The summed E-state index contributed by atoms with van der Waals surface area (Å²) in [6.45, 7) is 4.25. The maximum atomic E-state index is 12.1. The Labute approximate surface area is 111 Å². The molecule has 1 aromatic rings. The molecule has 0 atom stereocenters. The van der Waals surface area contributed by atoms with E-state index in [-0.39, 0.29) is 11.9 Å². The fourth-order valence-corrected chi connectivity index (χ4v) is 2.48. The zero-order chi connectivity index (χ0) is 13.7. The molecule has 0 radical (unpaired) electrons. The summed E-state index contributed by atoms with van der Waals surface area (Å²) in [5, 5.41) is 0.888. The number of nitrogens with zero attached hydrogens (tertiary/aromatic N) is 2. The van der Waals surface area contributed by atoms with Crippen molar-refractivity contribution in [2.75, 3.05) is 20.7 Å². The van der Waals surface area contributed by atoms with Gasteiger partial charge < -0.3 is 9.64 Å². The molecule has 0 N–H and O–H groups in total. The summed E-state index contributed by atoms with van der Waals surface area (Å²) in [5.74, 6) is -0.288. The zero-order valence-corrected chi connectivity index (χ0v) is 12.0. The summed E-state index contributed by atoms with van der Waals surface area (Å²) in [5.41, 5.74) is 0.766. The second-order valence-electron chi connectivity index (χ2n) is 4.05. The van der Waals surface area contributed by atoms with Crippen molar-refractivity contribution in [3.63, 3.8) is 0 Å². The molecule has 0 aliphatic heterocycles. The highest BCUT2D eigenvalue weighted by atomic mass is 32.1. The van der Waals surface area contributed by atoms with Gasteiger partial charge in [-0.1, -0.05) is 0 Å². The molecule has 1 amide bonds. The minimum Gasteiger partial charge on any atom is -0.469 e. The largest absolute Gasteiger partial charge is 0.469 e. The average Bonchev–Trinajstić information content (AvgIpc) is 2.67. The van der Waals surface area contributed by atoms with Gasteiger partial charge in [-0.15, -0.1) is 11.3 Å². The van der Waals surface area contributed by atoms with E-state index in [0.29, 0.717) is 24.3 Å². The lowest BCUT2D eigenvalue weighted by molar-refractivity contribution is -0.140. The van der Waals surface area contributed by atoms with Crippen LogP contribution in [0.4, 0.5) is 0 Å². The third kappa shape index (κ3) is 3.80. The Kier molecular flexibility index (Phi) is 5.27. The number of ether oxygens (including phenoxy) is 1. The number of hydrogen-bond acceptors (Lipinski definition) is 5. The first-order valence-electron chi connectivity index (χ1n) is 5.72. The zero-order valence-electron chi connectivity index (χ0n) is 11.1. The van der Waals surface area contributed by atoms with Crippen LogP contribution in [-0.2, 0) is 9.53 Å². The van der Waals surface area contributed by atoms with Crippen molar-refractivity contribution < 1.29 is 14.3 Å². The number of aryl methyl sites for hydroxylation is 2. The second kappa shape index (κ2) is 6.49. The smallest absolute Gasteiger partial charge is 0.305 e. The van der Waals surface area contributed by atoms with Gasteiger partial charge in [0, 0.05) is 20.0 Å². The molecule has 0 spiro atoms. The Morgan fingerprint density at radius 3 is 2.56 bits per heavy atom. The molecule has 0 aliphatic carbocycles. The Morgan fingerprint density at radius 1 is 1.39 bits per heavy atom. The van der Waals surface area contributed by atoms with Crippen LogP contribution in [0.3, 0.4) is 0 Å². The van der Waals surface area contributed by atoms with E-state index in [1.54, 1.807) is 11.9 Å². The lowest BCUT2D eigenvalue weighted by atomic mass is 10.3. The Balaban J connectivity index is 2.51. The molecule has 0 fully saturated rings. The number of methoxy groups -OCH3 is 1. The summed E-state index contributed by atoms with van der Waals surface area (Å²) < 4.78 is 4.55. The van der Waals surface area contributed by atoms with Crippen LogP contribution in [0.2, 0.25) is 0 Å². The molecule has 1 aromatic heterocycles. The van der Waals surface area contributed by atoms with E-state index in [1.165, 1.54) is 18.4 Å². The molecule has 0 aliphatic rings. The van der Waals surface area contributed by atoms with Gasteiger partial charge in [-0.05, 0) is 20.3 Å². The van der Waals surface area contributed by atoms with Gasteiger partial charge >= 0.3 is 5.97 Å². The number of aromatic nitrogens is 1. The van der Waals surface area contributed by atoms with Crippen LogP contribution in [0, 0.1) is 13.8 Å². The molecule has 100 valence electrons. The van der Waals surface area contributed by atoms with Crippen LogP contribution in [-0.4, -0.2) is 42.5 Å². The summed E-state index contributed by atoms with van der Waals surface area (Å²) in [6.07, 6.45) is 0.931. The van der Waals surface area contributed by atoms with Crippen molar-refractivity contribution in [2.45, 2.75) is 26.7 Å². The third-order valence-electron chi connectivity index (χ3n) is 2.55. The van der Waals surface area contributed by atoms with Gasteiger partial charge in [0.25, 0.3) is 5.91 Å². The maximum Gasteiger partial charge on any atom is 0.305 e. The van der Waals surface area contributed by atoms with Crippen molar-refractivity contribution in [3.8, 4) is 0 Å². The Hall–Kier alpha value is -1.43. The minimum absolute atomic E-state index is 0.0389. The van der Waals surface area contributed by atoms with E-state index in [4.69, 9.17) is 0 Å². The van der Waals surface area contributed by atoms with Crippen LogP contribution in [0.15, 0.2) is 0 Å². The predicted octanol–water partition coefficient (Wildman–Crippen LogP) is 1.79. The topological polar surface area (TPSA) is 59.5 Å². The highest BCUT2D eigenvalue weighted by Crippen LogP contribution is 2.18. The number of carbonyl (C=O) groups excluding carboxylic acids is 2. The summed E-state index contributed by atoms with van der Waals surface area (Å²) >= 11 is 1.40. The third-order valence-corrected chi connectivity index (χ3v) is 3.61. The van der Waals surface area contributed by atoms with Crippen LogP contribution < -0.4 is 0 Å². The Morgan fingerprint density at radius 2 is 2.06 bits per heavy atom. The SMILES string of the molecule is COC(=O)CCCN(C)C(=O)c1sc(C)nc1C. The maximum absolute atomic E-state index is 12.1. The number of hydrogen-bond donors (Lipinski definition) is 0. The van der Waals surface area contributed by atoms with Crippen molar-refractivity contribution in [1.29, 1.82) is 0 Å². The fraction of sp³-hybridized carbons (Fsp3) is 0.583. The van der Waals surface area contributed by atoms with Crippen molar-refractivity contribution in [2.24, 2.45) is 0 Å². The summed E-state index contributed by atoms with van der Waals surface area (Å²) in [6, 6.07) is 0. The van der Waals surface area contributed by atoms with E-state index in [0.717, 1.165) is 10.7 Å². The highest BCUT2D eigenvalue weighted by Gasteiger charge is 2.17. The number of rotatable bonds is 5. The van der Waals surface area contributed by atoms with E-state index >= 15 is 0 Å². The van der Waals surface area contributed by atoms with Gasteiger partial charge in [0.05, 0.1) is 17.8 Å². The monoisotopic (exact) mass is 270 g/mol. The van der Waals surface area contributed by atoms with Crippen molar-refractivity contribution in [3.05, 3.63) is 15.6 Å². The average molecular weight is 270 g/mol. The molecule has 0 saturated carbocycles. The van der Waals surface area contributed by atoms with Crippen LogP contribution in [0.25, 0.3) is 0 Å². The van der Waals surface area contributed by atoms with Gasteiger partial charge in [-0.25, -0.2) is 4.98 Å². The number of esters is 1. The van der Waals surface area contributed by atoms with Crippen molar-refractivity contribution >= 4 is 23.2 Å². The first-order chi connectivity index (χ1) is 8.45. The van der Waals surface area contributed by atoms with E-state index < -0.39 is 0 Å². The van der Waals surface area contributed by atoms with E-state index in [9.17, 15) is 9.59 Å². The van der Waals surface area contributed by atoms with Crippen LogP contribution in [0.5, 0.6) is 0 Å². The molecular weight excluding hydrogens is 252 g/mol. The van der Waals surface area contributed by atoms with Gasteiger partial charge in [-0.3, -0.25) is 9.59 Å². The predicted molar refractivity (Wildman–Crippen MR) is 69.8 cm³/mol. The molecule has 0 bridgehead atoms. The molecule has 0 unspecified atom stereocenters. The van der Waals surface area contributed by atoms with Gasteiger partial charge in [0.15, 0.2) is 0 Å². The van der Waals surface area contributed by atoms with Gasteiger partial charge in [-0.2, -0.15) is 0 Å². The molecule has 6 heteroatoms. The first-order valence-corrected chi connectivity index (χ1v) is 6.53.